The van der Waals surface area contributed by atoms with Crippen LogP contribution in [0, 0.1) is 30.1 Å². The summed E-state index contributed by atoms with van der Waals surface area (Å²) in [7, 11) is 4.46. The van der Waals surface area contributed by atoms with Crippen molar-refractivity contribution in [3.05, 3.63) is 21.7 Å². The van der Waals surface area contributed by atoms with Gasteiger partial charge in [-0.1, -0.05) is 34.1 Å². The molecular weight excluding hydrogens is 544 g/mol. The van der Waals surface area contributed by atoms with E-state index in [1.165, 1.54) is 11.3 Å². The lowest BCUT2D eigenvalue weighted by Crippen LogP contribution is -2.46. The normalized spacial score (nSPS) is 32.7. The number of carbonyl (C=O) groups is 2. The van der Waals surface area contributed by atoms with Crippen molar-refractivity contribution in [1.82, 2.24) is 4.98 Å². The Balaban J connectivity index is 2.43. The SMILES string of the molecule is C/C(=C\c1csc(C)n1)C1CC(O)C(CO)CCCC(C)C(OP)C(C)C(=O)C(C)(C)C(OP)CC(=O)O1. The molecule has 11 heteroatoms. The largest absolute Gasteiger partial charge is 0.458 e. The quantitative estimate of drug-likeness (QED) is 0.368. The van der Waals surface area contributed by atoms with E-state index < -0.39 is 35.6 Å². The van der Waals surface area contributed by atoms with E-state index in [-0.39, 0.29) is 43.2 Å². The van der Waals surface area contributed by atoms with Crippen LogP contribution in [0.3, 0.4) is 0 Å². The van der Waals surface area contributed by atoms with Crippen LogP contribution in [0.4, 0.5) is 0 Å². The Morgan fingerprint density at radius 3 is 2.50 bits per heavy atom. The maximum Gasteiger partial charge on any atom is 0.309 e. The second-order valence-electron chi connectivity index (χ2n) is 11.1. The number of aliphatic hydroxyl groups is 2. The number of hydrogen-bond acceptors (Lipinski definition) is 9. The molecule has 2 heterocycles. The molecule has 0 amide bonds. The number of ether oxygens (including phenoxy) is 1. The standard InChI is InChI=1S/C27H45NO7P2S/c1-15-8-7-9-19(13-29)21(30)11-22(16(2)10-20-14-38-18(4)28-20)33-24(31)12-23(34-36)27(5,6)26(32)17(3)25(15)35-37/h10,14-15,17,19,21-23,25,29-30H,7-9,11-13,36-37H2,1-6H3/b16-10+. The van der Waals surface area contributed by atoms with E-state index in [1.807, 2.05) is 39.2 Å². The van der Waals surface area contributed by atoms with Crippen LogP contribution in [0.1, 0.15) is 77.4 Å². The highest BCUT2D eigenvalue weighted by Crippen LogP contribution is 2.36. The first-order valence-electron chi connectivity index (χ1n) is 13.2. The zero-order valence-corrected chi connectivity index (χ0v) is 26.5. The van der Waals surface area contributed by atoms with Crippen molar-refractivity contribution in [3.8, 4) is 0 Å². The van der Waals surface area contributed by atoms with Crippen molar-refractivity contribution in [3.63, 3.8) is 0 Å². The number of esters is 1. The minimum Gasteiger partial charge on any atom is -0.458 e. The van der Waals surface area contributed by atoms with Crippen molar-refractivity contribution in [2.24, 2.45) is 23.2 Å². The van der Waals surface area contributed by atoms with Crippen molar-refractivity contribution in [2.75, 3.05) is 6.61 Å². The molecule has 0 spiro atoms. The Hall–Kier alpha value is -0.790. The van der Waals surface area contributed by atoms with Gasteiger partial charge in [-0.05, 0) is 44.3 Å². The number of Topliss-reactive ketones (excluding diaryl/α,β-unsaturated/α-hetero) is 1. The molecule has 9 unspecified atom stereocenters. The summed E-state index contributed by atoms with van der Waals surface area (Å²) < 4.78 is 17.2. The molecule has 1 aliphatic rings. The fourth-order valence-electron chi connectivity index (χ4n) is 5.25. The first-order valence-corrected chi connectivity index (χ1v) is 15.0. The molecule has 1 aliphatic heterocycles. The molecular formula is C27H45NO7P2S. The number of hydrogen-bond donors (Lipinski definition) is 2. The third kappa shape index (κ3) is 8.86. The summed E-state index contributed by atoms with van der Waals surface area (Å²) in [5, 5.41) is 24.0. The lowest BCUT2D eigenvalue weighted by molar-refractivity contribution is -0.154. The number of carbonyl (C=O) groups excluding carboxylic acids is 2. The number of rotatable bonds is 5. The zero-order valence-electron chi connectivity index (χ0n) is 23.4. The van der Waals surface area contributed by atoms with Gasteiger partial charge >= 0.3 is 5.97 Å². The maximum atomic E-state index is 13.7. The van der Waals surface area contributed by atoms with Crippen LogP contribution in [0.15, 0.2) is 11.0 Å². The maximum absolute atomic E-state index is 13.7. The van der Waals surface area contributed by atoms with Gasteiger partial charge in [0.2, 0.25) is 0 Å². The lowest BCUT2D eigenvalue weighted by atomic mass is 9.73. The molecule has 1 saturated heterocycles. The minimum absolute atomic E-state index is 0.0562. The number of aryl methyl sites for hydroxylation is 1. The molecule has 1 aromatic heterocycles. The third-order valence-corrected chi connectivity index (χ3v) is 9.28. The summed E-state index contributed by atoms with van der Waals surface area (Å²) in [5.41, 5.74) is 0.508. The number of thiazole rings is 1. The number of cyclic esters (lactones) is 1. The smallest absolute Gasteiger partial charge is 0.309 e. The van der Waals surface area contributed by atoms with E-state index >= 15 is 0 Å². The van der Waals surface area contributed by atoms with Crippen LogP contribution in [-0.2, 0) is 23.4 Å². The summed E-state index contributed by atoms with van der Waals surface area (Å²) >= 11 is 1.52. The zero-order chi connectivity index (χ0) is 28.6. The molecule has 216 valence electrons. The summed E-state index contributed by atoms with van der Waals surface area (Å²) in [6.07, 6.45) is 1.26. The van der Waals surface area contributed by atoms with Gasteiger partial charge in [-0.25, -0.2) is 4.98 Å². The van der Waals surface area contributed by atoms with Gasteiger partial charge in [-0.3, -0.25) is 9.59 Å². The van der Waals surface area contributed by atoms with E-state index in [2.05, 4.69) is 23.9 Å². The molecule has 0 radical (unpaired) electrons. The summed E-state index contributed by atoms with van der Waals surface area (Å²) in [4.78, 5) is 31.3. The van der Waals surface area contributed by atoms with Gasteiger partial charge in [0.1, 0.15) is 11.9 Å². The van der Waals surface area contributed by atoms with Gasteiger partial charge in [0.05, 0.1) is 40.8 Å². The molecule has 8 nitrogen and oxygen atoms in total. The number of ketones is 1. The highest BCUT2D eigenvalue weighted by Gasteiger charge is 2.44. The van der Waals surface area contributed by atoms with Gasteiger partial charge in [-0.15, -0.1) is 11.3 Å². The molecule has 0 bridgehead atoms. The average Bonchev–Trinajstić information content (AvgIpc) is 3.27. The van der Waals surface area contributed by atoms with Gasteiger partial charge in [-0.2, -0.15) is 0 Å². The second kappa shape index (κ2) is 15.3. The van der Waals surface area contributed by atoms with Crippen molar-refractivity contribution >= 4 is 48.1 Å². The predicted octanol–water partition coefficient (Wildman–Crippen LogP) is 4.92. The average molecular weight is 590 g/mol. The Morgan fingerprint density at radius 2 is 1.95 bits per heavy atom. The molecule has 2 N–H and O–H groups in total. The Kier molecular flexibility index (Phi) is 13.4. The van der Waals surface area contributed by atoms with Crippen LogP contribution >= 0.6 is 30.3 Å². The lowest BCUT2D eigenvalue weighted by Gasteiger charge is -2.37. The van der Waals surface area contributed by atoms with Gasteiger partial charge < -0.3 is 24.0 Å². The second-order valence-corrected chi connectivity index (χ2v) is 12.7. The number of aromatic nitrogens is 1. The summed E-state index contributed by atoms with van der Waals surface area (Å²) in [6.45, 7) is 11.0. The van der Waals surface area contributed by atoms with Crippen LogP contribution in [0.5, 0.6) is 0 Å². The van der Waals surface area contributed by atoms with Gasteiger partial charge in [0.15, 0.2) is 0 Å². The van der Waals surface area contributed by atoms with E-state index in [1.54, 1.807) is 13.8 Å². The minimum atomic E-state index is -0.988. The topological polar surface area (TPSA) is 115 Å². The summed E-state index contributed by atoms with van der Waals surface area (Å²) in [5.74, 6) is -1.35. The molecule has 38 heavy (non-hydrogen) atoms. The van der Waals surface area contributed by atoms with Crippen LogP contribution in [0.2, 0.25) is 0 Å². The molecule has 0 saturated carbocycles. The highest BCUT2D eigenvalue weighted by atomic mass is 32.1. The fraction of sp³-hybridized carbons (Fsp3) is 0.741. The van der Waals surface area contributed by atoms with E-state index in [0.29, 0.717) is 6.42 Å². The molecule has 2 rings (SSSR count). The fourth-order valence-corrected chi connectivity index (χ4v) is 6.76. The molecule has 1 aromatic rings. The van der Waals surface area contributed by atoms with Gasteiger partial charge in [0.25, 0.3) is 0 Å². The first-order chi connectivity index (χ1) is 17.8. The molecule has 0 aliphatic carbocycles. The highest BCUT2D eigenvalue weighted by molar-refractivity contribution is 7.10. The van der Waals surface area contributed by atoms with E-state index in [0.717, 1.165) is 29.1 Å². The van der Waals surface area contributed by atoms with Gasteiger partial charge in [0, 0.05) is 49.2 Å². The molecule has 1 fully saturated rings. The van der Waals surface area contributed by atoms with Crippen molar-refractivity contribution in [2.45, 2.75) is 98.1 Å². The number of aliphatic hydroxyl groups excluding tert-OH is 2. The number of nitrogens with zero attached hydrogens (tertiary/aromatic N) is 1. The Labute approximate surface area is 235 Å². The van der Waals surface area contributed by atoms with Crippen LogP contribution in [-0.4, -0.2) is 58.0 Å². The Morgan fingerprint density at radius 1 is 1.26 bits per heavy atom. The van der Waals surface area contributed by atoms with Crippen molar-refractivity contribution < 1.29 is 33.6 Å². The Bertz CT molecular complexity index is 954. The third-order valence-electron chi connectivity index (χ3n) is 7.84. The molecule has 0 aromatic carbocycles. The predicted molar refractivity (Wildman–Crippen MR) is 156 cm³/mol. The summed E-state index contributed by atoms with van der Waals surface area (Å²) in [6, 6.07) is 0. The van der Waals surface area contributed by atoms with E-state index in [9.17, 15) is 19.8 Å². The van der Waals surface area contributed by atoms with E-state index in [4.69, 9.17) is 13.8 Å². The van der Waals surface area contributed by atoms with Crippen LogP contribution in [0.25, 0.3) is 6.08 Å². The van der Waals surface area contributed by atoms with Crippen molar-refractivity contribution in [1.29, 1.82) is 0 Å². The molecule has 9 atom stereocenters. The first kappa shape index (κ1) is 33.4. The van der Waals surface area contributed by atoms with Crippen LogP contribution < -0.4 is 0 Å². The monoisotopic (exact) mass is 589 g/mol.